The Labute approximate surface area is 98.9 Å². The van der Waals surface area contributed by atoms with Gasteiger partial charge in [0.05, 0.1) is 11.1 Å². The van der Waals surface area contributed by atoms with Gasteiger partial charge < -0.3 is 5.73 Å². The fourth-order valence-electron chi connectivity index (χ4n) is 1.37. The zero-order valence-electron chi connectivity index (χ0n) is 9.34. The highest BCUT2D eigenvalue weighted by Crippen LogP contribution is 2.28. The molecule has 0 aromatic carbocycles. The van der Waals surface area contributed by atoms with E-state index in [1.165, 1.54) is 0 Å². The zero-order chi connectivity index (χ0) is 11.5. The molecule has 0 unspecified atom stereocenters. The molecule has 0 saturated carbocycles. The first-order valence-corrected chi connectivity index (χ1v) is 5.84. The number of nitrogens with two attached hydrogens (primary N) is 1. The maximum atomic E-state index is 5.69. The summed E-state index contributed by atoms with van der Waals surface area (Å²) in [4.78, 5) is 5.57. The molecule has 0 aliphatic carbocycles. The summed E-state index contributed by atoms with van der Waals surface area (Å²) in [5.74, 6) is 0. The molecule has 2 heterocycles. The van der Waals surface area contributed by atoms with Crippen LogP contribution >= 0.6 is 11.8 Å². The summed E-state index contributed by atoms with van der Waals surface area (Å²) in [6.45, 7) is 2.49. The second-order valence-electron chi connectivity index (χ2n) is 3.57. The lowest BCUT2D eigenvalue weighted by atomic mass is 10.2. The third kappa shape index (κ3) is 2.43. The topological polar surface area (TPSA) is 56.7 Å². The van der Waals surface area contributed by atoms with E-state index in [1.54, 1.807) is 16.4 Å². The standard InChI is InChI=1S/C11H14N4S/c1-8-3-4-9(5-12)11(14-8)16-10-6-13-15(2)7-10/h3-4,6-7H,5,12H2,1-2H3. The summed E-state index contributed by atoms with van der Waals surface area (Å²) in [5, 5.41) is 5.10. The second kappa shape index (κ2) is 4.67. The van der Waals surface area contributed by atoms with Gasteiger partial charge in [0.1, 0.15) is 5.03 Å². The van der Waals surface area contributed by atoms with Crippen molar-refractivity contribution in [2.45, 2.75) is 23.4 Å². The molecule has 0 aliphatic rings. The fourth-order valence-corrected chi connectivity index (χ4v) is 2.37. The molecule has 0 aliphatic heterocycles. The minimum absolute atomic E-state index is 0.510. The monoisotopic (exact) mass is 234 g/mol. The van der Waals surface area contributed by atoms with Gasteiger partial charge in [-0.05, 0) is 18.6 Å². The van der Waals surface area contributed by atoms with Crippen molar-refractivity contribution in [2.75, 3.05) is 0 Å². The Morgan fingerprint density at radius 1 is 1.44 bits per heavy atom. The fraction of sp³-hybridized carbons (Fsp3) is 0.273. The molecule has 5 heteroatoms. The van der Waals surface area contributed by atoms with E-state index in [-0.39, 0.29) is 0 Å². The first-order chi connectivity index (χ1) is 7.69. The summed E-state index contributed by atoms with van der Waals surface area (Å²) in [6.07, 6.45) is 3.80. The van der Waals surface area contributed by atoms with Crippen molar-refractivity contribution in [3.8, 4) is 0 Å². The zero-order valence-corrected chi connectivity index (χ0v) is 10.2. The van der Waals surface area contributed by atoms with Crippen LogP contribution in [0.3, 0.4) is 0 Å². The number of nitrogens with zero attached hydrogens (tertiary/aromatic N) is 3. The number of hydrogen-bond acceptors (Lipinski definition) is 4. The van der Waals surface area contributed by atoms with E-state index < -0.39 is 0 Å². The third-order valence-corrected chi connectivity index (χ3v) is 3.19. The van der Waals surface area contributed by atoms with Crippen molar-refractivity contribution in [1.82, 2.24) is 14.8 Å². The molecule has 4 nitrogen and oxygen atoms in total. The minimum atomic E-state index is 0.510. The summed E-state index contributed by atoms with van der Waals surface area (Å²) < 4.78 is 1.78. The predicted molar refractivity (Wildman–Crippen MR) is 64.2 cm³/mol. The Morgan fingerprint density at radius 3 is 2.88 bits per heavy atom. The van der Waals surface area contributed by atoms with Crippen molar-refractivity contribution < 1.29 is 0 Å². The highest BCUT2D eigenvalue weighted by Gasteiger charge is 2.06. The molecular formula is C11H14N4S. The van der Waals surface area contributed by atoms with Crippen LogP contribution < -0.4 is 5.73 Å². The van der Waals surface area contributed by atoms with Gasteiger partial charge >= 0.3 is 0 Å². The molecule has 0 fully saturated rings. The summed E-state index contributed by atoms with van der Waals surface area (Å²) in [7, 11) is 1.90. The van der Waals surface area contributed by atoms with E-state index >= 15 is 0 Å². The lowest BCUT2D eigenvalue weighted by Gasteiger charge is -2.05. The Bertz CT molecular complexity index is 492. The average molecular weight is 234 g/mol. The number of pyridine rings is 1. The maximum absolute atomic E-state index is 5.69. The van der Waals surface area contributed by atoms with Crippen molar-refractivity contribution in [3.05, 3.63) is 35.8 Å². The van der Waals surface area contributed by atoms with Gasteiger partial charge in [0.25, 0.3) is 0 Å². The number of hydrogen-bond donors (Lipinski definition) is 1. The Balaban J connectivity index is 2.29. The molecule has 2 aromatic heterocycles. The molecule has 84 valence electrons. The van der Waals surface area contributed by atoms with Crippen molar-refractivity contribution in [1.29, 1.82) is 0 Å². The van der Waals surface area contributed by atoms with Crippen LogP contribution in [-0.4, -0.2) is 14.8 Å². The van der Waals surface area contributed by atoms with Crippen LogP contribution in [0.4, 0.5) is 0 Å². The highest BCUT2D eigenvalue weighted by molar-refractivity contribution is 7.99. The van der Waals surface area contributed by atoms with Gasteiger partial charge in [-0.1, -0.05) is 17.8 Å². The smallest absolute Gasteiger partial charge is 0.106 e. The number of aromatic nitrogens is 3. The van der Waals surface area contributed by atoms with Crippen LogP contribution in [0.25, 0.3) is 0 Å². The van der Waals surface area contributed by atoms with E-state index in [4.69, 9.17) is 5.73 Å². The SMILES string of the molecule is Cc1ccc(CN)c(Sc2cnn(C)c2)n1. The molecule has 0 saturated heterocycles. The quantitative estimate of drug-likeness (QED) is 0.878. The van der Waals surface area contributed by atoms with E-state index in [0.717, 1.165) is 21.2 Å². The molecule has 2 aromatic rings. The van der Waals surface area contributed by atoms with Crippen molar-refractivity contribution >= 4 is 11.8 Å². The first-order valence-electron chi connectivity index (χ1n) is 5.02. The van der Waals surface area contributed by atoms with Gasteiger partial charge in [0, 0.05) is 25.5 Å². The summed E-state index contributed by atoms with van der Waals surface area (Å²) in [5.41, 5.74) is 7.76. The van der Waals surface area contributed by atoms with Crippen LogP contribution in [0, 0.1) is 6.92 Å². The summed E-state index contributed by atoms with van der Waals surface area (Å²) >= 11 is 1.60. The molecule has 0 bridgehead atoms. The van der Waals surface area contributed by atoms with Crippen LogP contribution in [0.1, 0.15) is 11.3 Å². The number of aryl methyl sites for hydroxylation is 2. The van der Waals surface area contributed by atoms with Crippen LogP contribution in [-0.2, 0) is 13.6 Å². The molecular weight excluding hydrogens is 220 g/mol. The average Bonchev–Trinajstić information content (AvgIpc) is 2.64. The maximum Gasteiger partial charge on any atom is 0.106 e. The van der Waals surface area contributed by atoms with E-state index in [1.807, 2.05) is 38.5 Å². The van der Waals surface area contributed by atoms with Crippen LogP contribution in [0.5, 0.6) is 0 Å². The molecule has 0 atom stereocenters. The first kappa shape index (κ1) is 11.2. The van der Waals surface area contributed by atoms with Crippen LogP contribution in [0.2, 0.25) is 0 Å². The van der Waals surface area contributed by atoms with Gasteiger partial charge in [-0.3, -0.25) is 4.68 Å². The van der Waals surface area contributed by atoms with Gasteiger partial charge in [0.15, 0.2) is 0 Å². The van der Waals surface area contributed by atoms with Crippen molar-refractivity contribution in [2.24, 2.45) is 12.8 Å². The van der Waals surface area contributed by atoms with Crippen LogP contribution in [0.15, 0.2) is 34.4 Å². The van der Waals surface area contributed by atoms with E-state index in [0.29, 0.717) is 6.54 Å². The molecule has 0 amide bonds. The van der Waals surface area contributed by atoms with E-state index in [2.05, 4.69) is 10.1 Å². The van der Waals surface area contributed by atoms with Gasteiger partial charge in [-0.15, -0.1) is 0 Å². The van der Waals surface area contributed by atoms with Gasteiger partial charge in [0.2, 0.25) is 0 Å². The lowest BCUT2D eigenvalue weighted by Crippen LogP contribution is -2.00. The largest absolute Gasteiger partial charge is 0.326 e. The molecule has 16 heavy (non-hydrogen) atoms. The Morgan fingerprint density at radius 2 is 2.25 bits per heavy atom. The second-order valence-corrected chi connectivity index (χ2v) is 4.64. The Kier molecular flexibility index (Phi) is 3.26. The predicted octanol–water partition coefficient (Wildman–Crippen LogP) is 1.73. The molecule has 0 spiro atoms. The molecule has 2 N–H and O–H groups in total. The number of rotatable bonds is 3. The van der Waals surface area contributed by atoms with Gasteiger partial charge in [-0.2, -0.15) is 5.10 Å². The minimum Gasteiger partial charge on any atom is -0.326 e. The molecule has 2 rings (SSSR count). The van der Waals surface area contributed by atoms with E-state index in [9.17, 15) is 0 Å². The summed E-state index contributed by atoms with van der Waals surface area (Å²) in [6, 6.07) is 4.01. The van der Waals surface area contributed by atoms with Gasteiger partial charge in [-0.25, -0.2) is 4.98 Å². The molecule has 0 radical (unpaired) electrons. The van der Waals surface area contributed by atoms with Crippen molar-refractivity contribution in [3.63, 3.8) is 0 Å². The third-order valence-electron chi connectivity index (χ3n) is 2.19. The lowest BCUT2D eigenvalue weighted by molar-refractivity contribution is 0.766. The highest BCUT2D eigenvalue weighted by atomic mass is 32.2. The normalized spacial score (nSPS) is 10.7. The Hall–Kier alpha value is -1.33.